The number of hydrogen-bond donors (Lipinski definition) is 1. The summed E-state index contributed by atoms with van der Waals surface area (Å²) in [5.74, 6) is -0.448. The molecule has 0 aromatic heterocycles. The van der Waals surface area contributed by atoms with Crippen molar-refractivity contribution in [1.82, 2.24) is 10.2 Å². The van der Waals surface area contributed by atoms with Crippen LogP contribution in [0.3, 0.4) is 0 Å². The number of rotatable bonds is 9. The summed E-state index contributed by atoms with van der Waals surface area (Å²) in [7, 11) is 0. The second-order valence-electron chi connectivity index (χ2n) is 6.72. The lowest BCUT2D eigenvalue weighted by molar-refractivity contribution is -0.384. The van der Waals surface area contributed by atoms with Gasteiger partial charge in [-0.15, -0.1) is 6.58 Å². The molecule has 3 rings (SSSR count). The molecule has 1 N–H and O–H groups in total. The Morgan fingerprint density at radius 1 is 1.12 bits per heavy atom. The molecule has 1 aliphatic rings. The van der Waals surface area contributed by atoms with Crippen LogP contribution >= 0.6 is 12.2 Å². The van der Waals surface area contributed by atoms with Crippen LogP contribution in [0.25, 0.3) is 6.08 Å². The highest BCUT2D eigenvalue weighted by atomic mass is 32.1. The Labute approximate surface area is 194 Å². The molecule has 9 nitrogen and oxygen atoms in total. The average molecular weight is 465 g/mol. The van der Waals surface area contributed by atoms with Crippen molar-refractivity contribution >= 4 is 40.9 Å². The van der Waals surface area contributed by atoms with E-state index in [0.717, 1.165) is 5.56 Å². The maximum atomic E-state index is 12.7. The van der Waals surface area contributed by atoms with Gasteiger partial charge in [0, 0.05) is 18.7 Å². The van der Waals surface area contributed by atoms with Gasteiger partial charge in [0.15, 0.2) is 16.6 Å². The predicted octanol–water partition coefficient (Wildman–Crippen LogP) is 3.51. The van der Waals surface area contributed by atoms with Crippen molar-refractivity contribution in [3.63, 3.8) is 0 Å². The number of benzene rings is 2. The molecule has 2 aromatic carbocycles. The number of carbonyl (C=O) groups is 2. The first-order chi connectivity index (χ1) is 15.8. The fraction of sp³-hybridized carbons (Fsp3) is 0.0870. The third-order valence-corrected chi connectivity index (χ3v) is 4.85. The van der Waals surface area contributed by atoms with E-state index in [0.29, 0.717) is 17.1 Å². The number of nitro benzene ring substituents is 1. The third kappa shape index (κ3) is 5.49. The fourth-order valence-corrected chi connectivity index (χ4v) is 3.20. The van der Waals surface area contributed by atoms with Crippen LogP contribution in [0, 0.1) is 10.1 Å². The lowest BCUT2D eigenvalue weighted by atomic mass is 10.1. The molecule has 1 saturated heterocycles. The molecule has 0 aliphatic carbocycles. The van der Waals surface area contributed by atoms with Gasteiger partial charge in [-0.3, -0.25) is 29.9 Å². The molecule has 0 radical (unpaired) electrons. The smallest absolute Gasteiger partial charge is 0.269 e. The summed E-state index contributed by atoms with van der Waals surface area (Å²) < 4.78 is 11.2. The van der Waals surface area contributed by atoms with Gasteiger partial charge in [-0.2, -0.15) is 0 Å². The van der Waals surface area contributed by atoms with Gasteiger partial charge in [0.25, 0.3) is 17.5 Å². The zero-order chi connectivity index (χ0) is 24.0. The molecule has 0 saturated carbocycles. The van der Waals surface area contributed by atoms with Gasteiger partial charge in [-0.05, 0) is 53.7 Å². The molecule has 10 heteroatoms. The largest absolute Gasteiger partial charge is 0.485 e. The number of carbonyl (C=O) groups excluding carboxylic acids is 2. The standard InChI is InChI=1S/C23H19N3O6S/c1-3-11-25-22(28)18(21(27)24-23(25)33)12-16-7-10-19(20(13-16)31-4-2)32-14-15-5-8-17(9-6-15)26(29)30/h3-10,12-13H,1-2,11,14H2,(H,24,27,33)/b18-12+. The lowest BCUT2D eigenvalue weighted by Crippen LogP contribution is -2.53. The third-order valence-electron chi connectivity index (χ3n) is 4.53. The fourth-order valence-electron chi connectivity index (χ4n) is 2.95. The normalized spacial score (nSPS) is 14.6. The van der Waals surface area contributed by atoms with Crippen LogP contribution in [0.15, 0.2) is 73.5 Å². The second kappa shape index (κ2) is 10.3. The van der Waals surface area contributed by atoms with Crippen molar-refractivity contribution in [2.24, 2.45) is 0 Å². The Morgan fingerprint density at radius 2 is 1.85 bits per heavy atom. The van der Waals surface area contributed by atoms with Crippen LogP contribution in [0.5, 0.6) is 11.5 Å². The monoisotopic (exact) mass is 465 g/mol. The molecule has 33 heavy (non-hydrogen) atoms. The molecule has 2 amide bonds. The first-order valence-electron chi connectivity index (χ1n) is 9.61. The maximum absolute atomic E-state index is 12.7. The molecule has 0 atom stereocenters. The minimum atomic E-state index is -0.602. The summed E-state index contributed by atoms with van der Waals surface area (Å²) in [4.78, 5) is 36.5. The molecule has 2 aromatic rings. The molecule has 1 heterocycles. The Morgan fingerprint density at radius 3 is 2.48 bits per heavy atom. The van der Waals surface area contributed by atoms with Crippen LogP contribution in [0.1, 0.15) is 11.1 Å². The highest BCUT2D eigenvalue weighted by Crippen LogP contribution is 2.31. The summed E-state index contributed by atoms with van der Waals surface area (Å²) in [6.45, 7) is 7.44. The zero-order valence-electron chi connectivity index (χ0n) is 17.4. The van der Waals surface area contributed by atoms with Gasteiger partial charge in [0.2, 0.25) is 0 Å². The Hall–Kier alpha value is -4.31. The van der Waals surface area contributed by atoms with E-state index >= 15 is 0 Å². The second-order valence-corrected chi connectivity index (χ2v) is 7.11. The minimum absolute atomic E-state index is 0.0134. The number of non-ortho nitro benzene ring substituents is 1. The number of amides is 2. The van der Waals surface area contributed by atoms with E-state index in [4.69, 9.17) is 21.7 Å². The van der Waals surface area contributed by atoms with E-state index in [9.17, 15) is 19.7 Å². The van der Waals surface area contributed by atoms with E-state index < -0.39 is 16.7 Å². The summed E-state index contributed by atoms with van der Waals surface area (Å²) >= 11 is 5.04. The molecule has 168 valence electrons. The van der Waals surface area contributed by atoms with E-state index in [1.54, 1.807) is 30.3 Å². The van der Waals surface area contributed by atoms with Gasteiger partial charge in [-0.25, -0.2) is 0 Å². The Kier molecular flexibility index (Phi) is 7.31. The Bertz CT molecular complexity index is 1170. The van der Waals surface area contributed by atoms with E-state index in [2.05, 4.69) is 18.5 Å². The van der Waals surface area contributed by atoms with E-state index in [1.165, 1.54) is 35.4 Å². The highest BCUT2D eigenvalue weighted by Gasteiger charge is 2.32. The van der Waals surface area contributed by atoms with Crippen LogP contribution < -0.4 is 14.8 Å². The van der Waals surface area contributed by atoms with E-state index in [-0.39, 0.29) is 29.5 Å². The molecule has 0 spiro atoms. The average Bonchev–Trinajstić information content (AvgIpc) is 2.79. The lowest BCUT2D eigenvalue weighted by Gasteiger charge is -2.27. The molecular weight excluding hydrogens is 446 g/mol. The van der Waals surface area contributed by atoms with Crippen LogP contribution in [-0.4, -0.2) is 33.3 Å². The SMILES string of the molecule is C=CCN1C(=O)/C(=C/c2ccc(OCc3ccc([N+](=O)[O-])cc3)c(OC=C)c2)C(=O)NC1=S. The summed E-state index contributed by atoms with van der Waals surface area (Å²) in [5.41, 5.74) is 1.13. The minimum Gasteiger partial charge on any atom is -0.485 e. The van der Waals surface area contributed by atoms with Crippen molar-refractivity contribution in [3.8, 4) is 11.5 Å². The molecule has 1 aliphatic heterocycles. The summed E-state index contributed by atoms with van der Waals surface area (Å²) in [5, 5.41) is 13.3. The molecular formula is C23H19N3O6S. The zero-order valence-corrected chi connectivity index (χ0v) is 18.2. The molecule has 1 fully saturated rings. The number of ether oxygens (including phenoxy) is 2. The predicted molar refractivity (Wildman–Crippen MR) is 125 cm³/mol. The van der Waals surface area contributed by atoms with Gasteiger partial charge < -0.3 is 9.47 Å². The van der Waals surface area contributed by atoms with Gasteiger partial charge in [-0.1, -0.05) is 18.7 Å². The number of nitrogens with one attached hydrogen (secondary N) is 1. The van der Waals surface area contributed by atoms with Gasteiger partial charge in [0.05, 0.1) is 11.2 Å². The number of hydrogen-bond acceptors (Lipinski definition) is 7. The quantitative estimate of drug-likeness (QED) is 0.115. The number of nitro groups is 1. The van der Waals surface area contributed by atoms with Crippen molar-refractivity contribution in [3.05, 3.63) is 94.8 Å². The Balaban J connectivity index is 1.83. The molecule has 0 bridgehead atoms. The molecule has 0 unspecified atom stereocenters. The number of nitrogens with zero attached hydrogens (tertiary/aromatic N) is 2. The maximum Gasteiger partial charge on any atom is 0.269 e. The summed E-state index contributed by atoms with van der Waals surface area (Å²) in [6.07, 6.45) is 4.14. The van der Waals surface area contributed by atoms with Crippen LogP contribution in [-0.2, 0) is 16.2 Å². The topological polar surface area (TPSA) is 111 Å². The van der Waals surface area contributed by atoms with Crippen LogP contribution in [0.4, 0.5) is 5.69 Å². The van der Waals surface area contributed by atoms with Crippen molar-refractivity contribution in [2.45, 2.75) is 6.61 Å². The van der Waals surface area contributed by atoms with Gasteiger partial charge in [0.1, 0.15) is 12.2 Å². The van der Waals surface area contributed by atoms with Gasteiger partial charge >= 0.3 is 0 Å². The summed E-state index contributed by atoms with van der Waals surface area (Å²) in [6, 6.07) is 10.8. The van der Waals surface area contributed by atoms with E-state index in [1.807, 2.05) is 0 Å². The van der Waals surface area contributed by atoms with Crippen LogP contribution in [0.2, 0.25) is 0 Å². The first kappa shape index (κ1) is 23.4. The van der Waals surface area contributed by atoms with Crippen molar-refractivity contribution in [2.75, 3.05) is 6.54 Å². The van der Waals surface area contributed by atoms with Crippen molar-refractivity contribution in [1.29, 1.82) is 0 Å². The first-order valence-corrected chi connectivity index (χ1v) is 10.0. The number of thiocarbonyl (C=S) groups is 1. The van der Waals surface area contributed by atoms with Crippen molar-refractivity contribution < 1.29 is 24.0 Å². The highest BCUT2D eigenvalue weighted by molar-refractivity contribution is 7.80.